The molecule has 7 nitrogen and oxygen atoms in total. The summed E-state index contributed by atoms with van der Waals surface area (Å²) in [6, 6.07) is 14.2. The van der Waals surface area contributed by atoms with Gasteiger partial charge in [-0.1, -0.05) is 41.4 Å². The average molecular weight is 682 g/mol. The molecule has 1 amide bonds. The van der Waals surface area contributed by atoms with Crippen LogP contribution in [-0.2, 0) is 32.9 Å². The minimum Gasteiger partial charge on any atom is -0.490 e. The number of unbranched alkanes of at least 4 members (excludes halogenated alkanes) is 2. The minimum absolute atomic E-state index is 0.0794. The standard InChI is InChI=1S/C38H46Cl2N2O5/c39-33-24-28(34(40)23-27(33)9-3-5-19-42(20-6-7-21-43)37(44)36-12-4-8-22-45-36)26-46-38(16-17-38)32-25-41-18-15-30(32)31-10-1-2-11-35(31)47-29-13-14-29/h1-2,10-11,15,18,23-25,29,36,43H,3-9,12-14,16-17,19-22,26H2/t36-/m0/s1. The quantitative estimate of drug-likeness (QED) is 0.145. The van der Waals surface area contributed by atoms with Gasteiger partial charge in [-0.15, -0.1) is 0 Å². The number of carbonyl (C=O) groups excluding carboxylic acids is 1. The highest BCUT2D eigenvalue weighted by atomic mass is 35.5. The maximum atomic E-state index is 13.1. The normalized spacial score (nSPS) is 18.6. The van der Waals surface area contributed by atoms with Crippen LogP contribution in [0.25, 0.3) is 11.1 Å². The lowest BCUT2D eigenvalue weighted by atomic mass is 9.96. The maximum absolute atomic E-state index is 13.1. The molecule has 3 aromatic rings. The Balaban J connectivity index is 1.06. The molecule has 9 heteroatoms. The molecule has 3 fully saturated rings. The highest BCUT2D eigenvalue weighted by Gasteiger charge is 2.48. The average Bonchev–Trinajstić information content (AvgIpc) is 4.04. The Morgan fingerprint density at radius 2 is 1.72 bits per heavy atom. The van der Waals surface area contributed by atoms with Gasteiger partial charge in [0.15, 0.2) is 0 Å². The number of aliphatic hydroxyl groups is 1. The molecule has 1 saturated heterocycles. The molecule has 1 atom stereocenters. The molecule has 2 aromatic carbocycles. The Morgan fingerprint density at radius 1 is 0.957 bits per heavy atom. The van der Waals surface area contributed by atoms with Crippen molar-refractivity contribution < 1.29 is 24.1 Å². The van der Waals surface area contributed by atoms with E-state index in [1.807, 2.05) is 47.6 Å². The number of hydrogen-bond acceptors (Lipinski definition) is 6. The Bertz CT molecular complexity index is 1500. The van der Waals surface area contributed by atoms with Crippen molar-refractivity contribution in [2.75, 3.05) is 26.3 Å². The maximum Gasteiger partial charge on any atom is 0.251 e. The van der Waals surface area contributed by atoms with Gasteiger partial charge in [-0.3, -0.25) is 9.78 Å². The summed E-state index contributed by atoms with van der Waals surface area (Å²) in [4.78, 5) is 19.5. The van der Waals surface area contributed by atoms with Gasteiger partial charge in [0.1, 0.15) is 11.9 Å². The zero-order valence-corrected chi connectivity index (χ0v) is 28.6. The van der Waals surface area contributed by atoms with Gasteiger partial charge in [0.2, 0.25) is 0 Å². The van der Waals surface area contributed by atoms with Crippen LogP contribution in [0.1, 0.15) is 87.3 Å². The van der Waals surface area contributed by atoms with Gasteiger partial charge < -0.3 is 24.2 Å². The van der Waals surface area contributed by atoms with E-state index in [9.17, 15) is 9.90 Å². The summed E-state index contributed by atoms with van der Waals surface area (Å²) in [6.07, 6.45) is 14.5. The number of hydrogen-bond donors (Lipinski definition) is 1. The van der Waals surface area contributed by atoms with Crippen molar-refractivity contribution in [3.8, 4) is 16.9 Å². The van der Waals surface area contributed by atoms with Crippen molar-refractivity contribution >= 4 is 29.1 Å². The Kier molecular flexibility index (Phi) is 11.7. The van der Waals surface area contributed by atoms with Crippen LogP contribution in [0.5, 0.6) is 5.75 Å². The fourth-order valence-electron chi connectivity index (χ4n) is 6.41. The molecule has 252 valence electrons. The Hall–Kier alpha value is -2.68. The summed E-state index contributed by atoms with van der Waals surface area (Å²) < 4.78 is 18.6. The molecular formula is C38H46Cl2N2O5. The molecule has 0 radical (unpaired) electrons. The number of amides is 1. The number of ether oxygens (including phenoxy) is 3. The number of carbonyl (C=O) groups is 1. The van der Waals surface area contributed by atoms with Gasteiger partial charge in [-0.25, -0.2) is 0 Å². The molecular weight excluding hydrogens is 635 g/mol. The van der Waals surface area contributed by atoms with Gasteiger partial charge in [0.05, 0.1) is 18.3 Å². The largest absolute Gasteiger partial charge is 0.490 e. The molecule has 2 aliphatic carbocycles. The minimum atomic E-state index is -0.423. The van der Waals surface area contributed by atoms with Crippen molar-refractivity contribution in [1.29, 1.82) is 0 Å². The molecule has 0 bridgehead atoms. The third-order valence-corrected chi connectivity index (χ3v) is 10.2. The first kappa shape index (κ1) is 34.2. The summed E-state index contributed by atoms with van der Waals surface area (Å²) in [5.74, 6) is 0.985. The van der Waals surface area contributed by atoms with Crippen molar-refractivity contribution in [3.05, 3.63) is 81.6 Å². The smallest absolute Gasteiger partial charge is 0.251 e. The van der Waals surface area contributed by atoms with Gasteiger partial charge in [-0.05, 0) is 118 Å². The summed E-state index contributed by atoms with van der Waals surface area (Å²) in [7, 11) is 0. The SMILES string of the molecule is O=C([C@@H]1CCCCO1)N(CCCCO)CCCCc1cc(Cl)c(COC2(c3cnccc3-c3ccccc3OC3CC3)CC2)cc1Cl. The second kappa shape index (κ2) is 16.1. The number of aryl methyl sites for hydroxylation is 1. The molecule has 1 aliphatic heterocycles. The first-order chi connectivity index (χ1) is 23.0. The second-order valence-corrected chi connectivity index (χ2v) is 13.9. The summed E-state index contributed by atoms with van der Waals surface area (Å²) >= 11 is 13.6. The van der Waals surface area contributed by atoms with E-state index in [0.717, 1.165) is 104 Å². The third kappa shape index (κ3) is 8.87. The highest BCUT2D eigenvalue weighted by Crippen LogP contribution is 2.53. The van der Waals surface area contributed by atoms with E-state index >= 15 is 0 Å². The van der Waals surface area contributed by atoms with E-state index in [-0.39, 0.29) is 18.6 Å². The fraction of sp³-hybridized carbons (Fsp3) is 0.526. The second-order valence-electron chi connectivity index (χ2n) is 13.1. The van der Waals surface area contributed by atoms with Crippen LogP contribution in [0.15, 0.2) is 54.9 Å². The van der Waals surface area contributed by atoms with Crippen LogP contribution >= 0.6 is 23.2 Å². The Labute approximate surface area is 288 Å². The lowest BCUT2D eigenvalue weighted by molar-refractivity contribution is -0.146. The van der Waals surface area contributed by atoms with Crippen molar-refractivity contribution in [2.45, 2.75) is 101 Å². The van der Waals surface area contributed by atoms with Crippen molar-refractivity contribution in [2.24, 2.45) is 0 Å². The van der Waals surface area contributed by atoms with Gasteiger partial charge in [0.25, 0.3) is 5.91 Å². The number of pyridine rings is 1. The predicted molar refractivity (Wildman–Crippen MR) is 185 cm³/mol. The number of rotatable bonds is 17. The van der Waals surface area contributed by atoms with E-state index in [4.69, 9.17) is 37.4 Å². The molecule has 2 saturated carbocycles. The zero-order chi connectivity index (χ0) is 32.6. The molecule has 0 spiro atoms. The number of aromatic nitrogens is 1. The Morgan fingerprint density at radius 3 is 2.47 bits per heavy atom. The topological polar surface area (TPSA) is 81.1 Å². The number of halogens is 2. The number of para-hydroxylation sites is 1. The van der Waals surface area contributed by atoms with Crippen molar-refractivity contribution in [1.82, 2.24) is 9.88 Å². The summed E-state index contributed by atoms with van der Waals surface area (Å²) in [6.45, 7) is 2.44. The van der Waals surface area contributed by atoms with E-state index in [0.29, 0.717) is 48.9 Å². The number of benzene rings is 2. The molecule has 1 aromatic heterocycles. The van der Waals surface area contributed by atoms with Crippen LogP contribution in [0.2, 0.25) is 10.0 Å². The van der Waals surface area contributed by atoms with Crippen LogP contribution in [-0.4, -0.2) is 59.4 Å². The van der Waals surface area contributed by atoms with Gasteiger partial charge >= 0.3 is 0 Å². The summed E-state index contributed by atoms with van der Waals surface area (Å²) in [5, 5.41) is 10.5. The first-order valence-corrected chi connectivity index (χ1v) is 18.1. The molecule has 0 unspecified atom stereocenters. The number of aliphatic hydroxyl groups excluding tert-OH is 1. The van der Waals surface area contributed by atoms with Gasteiger partial charge in [-0.2, -0.15) is 0 Å². The van der Waals surface area contributed by atoms with E-state index in [1.54, 1.807) is 0 Å². The molecule has 47 heavy (non-hydrogen) atoms. The lowest BCUT2D eigenvalue weighted by Gasteiger charge is -2.29. The van der Waals surface area contributed by atoms with Crippen LogP contribution in [0, 0.1) is 0 Å². The van der Waals surface area contributed by atoms with Crippen LogP contribution in [0.3, 0.4) is 0 Å². The fourth-order valence-corrected chi connectivity index (χ4v) is 6.93. The molecule has 1 N–H and O–H groups in total. The van der Waals surface area contributed by atoms with Gasteiger partial charge in [0, 0.05) is 59.9 Å². The van der Waals surface area contributed by atoms with Crippen molar-refractivity contribution in [3.63, 3.8) is 0 Å². The molecule has 2 heterocycles. The predicted octanol–water partition coefficient (Wildman–Crippen LogP) is 8.30. The van der Waals surface area contributed by atoms with E-state index in [1.165, 1.54) is 0 Å². The lowest BCUT2D eigenvalue weighted by Crippen LogP contribution is -2.43. The third-order valence-electron chi connectivity index (χ3n) is 9.46. The highest BCUT2D eigenvalue weighted by molar-refractivity contribution is 6.34. The zero-order valence-electron chi connectivity index (χ0n) is 27.1. The summed E-state index contributed by atoms with van der Waals surface area (Å²) in [5.41, 5.74) is 4.67. The van der Waals surface area contributed by atoms with Crippen LogP contribution < -0.4 is 4.74 Å². The van der Waals surface area contributed by atoms with E-state index < -0.39 is 5.60 Å². The van der Waals surface area contributed by atoms with E-state index in [2.05, 4.69) is 17.1 Å². The molecule has 3 aliphatic rings. The van der Waals surface area contributed by atoms with Crippen LogP contribution in [0.4, 0.5) is 0 Å². The first-order valence-electron chi connectivity index (χ1n) is 17.3. The molecule has 6 rings (SSSR count). The monoisotopic (exact) mass is 680 g/mol. The number of nitrogens with zero attached hydrogens (tertiary/aromatic N) is 2.